The molecule has 5 rings (SSSR count). The molecule has 0 bridgehead atoms. The number of hydrogen-bond donors (Lipinski definition) is 3. The number of carbonyl (C=O) groups is 1. The minimum Gasteiger partial charge on any atom is -0.495 e. The van der Waals surface area contributed by atoms with Crippen LogP contribution in [0.4, 0.5) is 17.5 Å². The van der Waals surface area contributed by atoms with Crippen LogP contribution in [-0.4, -0.2) is 89.7 Å². The first-order valence-corrected chi connectivity index (χ1v) is 13.2. The third kappa shape index (κ3) is 5.50. The molecule has 2 fully saturated rings. The summed E-state index contributed by atoms with van der Waals surface area (Å²) in [5.74, 6) is 1.86. The van der Waals surface area contributed by atoms with Gasteiger partial charge in [-0.15, -0.1) is 0 Å². The molecule has 1 aromatic carbocycles. The summed E-state index contributed by atoms with van der Waals surface area (Å²) >= 11 is 0. The standard InChI is InChI=1S/C27H37N7O3/c1-4-9-28-24-23-18(2)17-29-25(23)32-27(31-24)30-21-6-5-19(16-22(21)36-3)26(35)34-10-7-20(8-11-34)33-12-14-37-15-13-33/h5-6,16-17,20H,4,7-15H2,1-3H3,(H3,28,29,30,31,32). The van der Waals surface area contributed by atoms with Crippen LogP contribution in [0.3, 0.4) is 0 Å². The SMILES string of the molecule is CCCNc1nc(Nc2ccc(C(=O)N3CCC(N4CCOCC4)CC3)cc2OC)nc2[nH]cc(C)c12. The molecule has 0 aliphatic carbocycles. The van der Waals surface area contributed by atoms with Crippen LogP contribution in [0.1, 0.15) is 42.1 Å². The highest BCUT2D eigenvalue weighted by Gasteiger charge is 2.28. The maximum absolute atomic E-state index is 13.3. The lowest BCUT2D eigenvalue weighted by Crippen LogP contribution is -2.50. The predicted molar refractivity (Wildman–Crippen MR) is 145 cm³/mol. The van der Waals surface area contributed by atoms with Crippen molar-refractivity contribution < 1.29 is 14.3 Å². The molecule has 2 saturated heterocycles. The van der Waals surface area contributed by atoms with Gasteiger partial charge in [0.15, 0.2) is 0 Å². The number of likely N-dealkylation sites (tertiary alicyclic amines) is 1. The third-order valence-corrected chi connectivity index (χ3v) is 7.28. The molecular formula is C27H37N7O3. The Bertz CT molecular complexity index is 1230. The van der Waals surface area contributed by atoms with E-state index in [2.05, 4.69) is 32.4 Å². The number of anilines is 3. The van der Waals surface area contributed by atoms with E-state index in [-0.39, 0.29) is 5.91 Å². The van der Waals surface area contributed by atoms with Crippen molar-refractivity contribution in [1.82, 2.24) is 24.8 Å². The highest BCUT2D eigenvalue weighted by atomic mass is 16.5. The molecular weight excluding hydrogens is 470 g/mol. The summed E-state index contributed by atoms with van der Waals surface area (Å²) in [7, 11) is 1.61. The lowest BCUT2D eigenvalue weighted by molar-refractivity contribution is 0.00159. The van der Waals surface area contributed by atoms with Crippen LogP contribution >= 0.6 is 0 Å². The summed E-state index contributed by atoms with van der Waals surface area (Å²) in [6.07, 6.45) is 4.92. The molecule has 37 heavy (non-hydrogen) atoms. The van der Waals surface area contributed by atoms with Crippen molar-refractivity contribution in [3.8, 4) is 5.75 Å². The smallest absolute Gasteiger partial charge is 0.253 e. The number of aromatic amines is 1. The number of morpholine rings is 1. The molecule has 0 radical (unpaired) electrons. The van der Waals surface area contributed by atoms with E-state index < -0.39 is 0 Å². The number of nitrogens with zero attached hydrogens (tertiary/aromatic N) is 4. The van der Waals surface area contributed by atoms with Gasteiger partial charge in [0.1, 0.15) is 17.2 Å². The van der Waals surface area contributed by atoms with E-state index in [9.17, 15) is 4.79 Å². The Morgan fingerprint density at radius 3 is 2.70 bits per heavy atom. The van der Waals surface area contributed by atoms with Crippen LogP contribution in [0, 0.1) is 6.92 Å². The van der Waals surface area contributed by atoms with Crippen LogP contribution in [0.5, 0.6) is 5.75 Å². The van der Waals surface area contributed by atoms with Crippen molar-refractivity contribution in [2.24, 2.45) is 0 Å². The number of H-pyrrole nitrogens is 1. The molecule has 2 aliphatic heterocycles. The van der Waals surface area contributed by atoms with E-state index in [1.54, 1.807) is 13.2 Å². The fourth-order valence-electron chi connectivity index (χ4n) is 5.22. The Balaban J connectivity index is 1.29. The Morgan fingerprint density at radius 2 is 1.97 bits per heavy atom. The number of aromatic nitrogens is 3. The number of hydrogen-bond acceptors (Lipinski definition) is 8. The normalized spacial score (nSPS) is 17.2. The molecule has 0 unspecified atom stereocenters. The molecule has 4 heterocycles. The molecule has 2 aliphatic rings. The fraction of sp³-hybridized carbons (Fsp3) is 0.519. The molecule has 0 saturated carbocycles. The molecule has 10 heteroatoms. The van der Waals surface area contributed by atoms with E-state index in [1.807, 2.05) is 30.2 Å². The number of amides is 1. The van der Waals surface area contributed by atoms with Gasteiger partial charge in [-0.25, -0.2) is 0 Å². The summed E-state index contributed by atoms with van der Waals surface area (Å²) < 4.78 is 11.1. The number of rotatable bonds is 8. The number of methoxy groups -OCH3 is 1. The Morgan fingerprint density at radius 1 is 1.19 bits per heavy atom. The first kappa shape index (κ1) is 25.3. The van der Waals surface area contributed by atoms with Crippen LogP contribution in [-0.2, 0) is 4.74 Å². The van der Waals surface area contributed by atoms with Gasteiger partial charge < -0.3 is 30.0 Å². The van der Waals surface area contributed by atoms with Crippen LogP contribution < -0.4 is 15.4 Å². The average molecular weight is 508 g/mol. The zero-order chi connectivity index (χ0) is 25.8. The third-order valence-electron chi connectivity index (χ3n) is 7.28. The zero-order valence-electron chi connectivity index (χ0n) is 22.0. The minimum absolute atomic E-state index is 0.0378. The van der Waals surface area contributed by atoms with E-state index in [1.165, 1.54) is 0 Å². The van der Waals surface area contributed by atoms with Gasteiger partial charge in [-0.05, 0) is 49.9 Å². The molecule has 2 aromatic heterocycles. The quantitative estimate of drug-likeness (QED) is 0.423. The summed E-state index contributed by atoms with van der Waals surface area (Å²) in [6.45, 7) is 10.1. The maximum Gasteiger partial charge on any atom is 0.253 e. The van der Waals surface area contributed by atoms with E-state index in [4.69, 9.17) is 14.5 Å². The van der Waals surface area contributed by atoms with E-state index in [0.29, 0.717) is 29.0 Å². The molecule has 0 spiro atoms. The summed E-state index contributed by atoms with van der Waals surface area (Å²) in [5, 5.41) is 7.67. The first-order chi connectivity index (χ1) is 18.1. The second-order valence-corrected chi connectivity index (χ2v) is 9.73. The van der Waals surface area contributed by atoms with Gasteiger partial charge in [0, 0.05) is 50.5 Å². The number of aryl methyl sites for hydroxylation is 1. The summed E-state index contributed by atoms with van der Waals surface area (Å²) in [5.41, 5.74) is 3.18. The number of carbonyl (C=O) groups excluding carboxylic acids is 1. The Kier molecular flexibility index (Phi) is 7.76. The maximum atomic E-state index is 13.3. The van der Waals surface area contributed by atoms with Gasteiger partial charge in [0.2, 0.25) is 5.95 Å². The topological polar surface area (TPSA) is 108 Å². The van der Waals surface area contributed by atoms with Gasteiger partial charge in [0.25, 0.3) is 5.91 Å². The molecule has 1 amide bonds. The molecule has 198 valence electrons. The van der Waals surface area contributed by atoms with Crippen molar-refractivity contribution in [2.45, 2.75) is 39.2 Å². The molecule has 3 aromatic rings. The second kappa shape index (κ2) is 11.4. The minimum atomic E-state index is 0.0378. The van der Waals surface area contributed by atoms with Gasteiger partial charge in [-0.2, -0.15) is 9.97 Å². The van der Waals surface area contributed by atoms with Gasteiger partial charge in [-0.1, -0.05) is 6.92 Å². The Labute approximate surface area is 217 Å². The van der Waals surface area contributed by atoms with Gasteiger partial charge >= 0.3 is 0 Å². The average Bonchev–Trinajstić information content (AvgIpc) is 3.32. The van der Waals surface area contributed by atoms with Gasteiger partial charge in [-0.3, -0.25) is 9.69 Å². The van der Waals surface area contributed by atoms with Crippen molar-refractivity contribution >= 4 is 34.4 Å². The van der Waals surface area contributed by atoms with Crippen LogP contribution in [0.2, 0.25) is 0 Å². The lowest BCUT2D eigenvalue weighted by atomic mass is 10.0. The molecule has 0 atom stereocenters. The van der Waals surface area contributed by atoms with Crippen molar-refractivity contribution in [3.05, 3.63) is 35.5 Å². The zero-order valence-corrected chi connectivity index (χ0v) is 22.0. The lowest BCUT2D eigenvalue weighted by Gasteiger charge is -2.40. The number of benzene rings is 1. The first-order valence-electron chi connectivity index (χ1n) is 13.2. The van der Waals surface area contributed by atoms with E-state index >= 15 is 0 Å². The highest BCUT2D eigenvalue weighted by Crippen LogP contribution is 2.31. The Hall–Kier alpha value is -3.37. The second-order valence-electron chi connectivity index (χ2n) is 9.73. The number of fused-ring (bicyclic) bond motifs is 1. The number of nitrogens with one attached hydrogen (secondary N) is 3. The summed E-state index contributed by atoms with van der Waals surface area (Å²) in [6, 6.07) is 6.03. The number of piperidine rings is 1. The van der Waals surface area contributed by atoms with E-state index in [0.717, 1.165) is 87.6 Å². The van der Waals surface area contributed by atoms with Gasteiger partial charge in [0.05, 0.1) is 31.4 Å². The molecule has 3 N–H and O–H groups in total. The van der Waals surface area contributed by atoms with Crippen molar-refractivity contribution in [1.29, 1.82) is 0 Å². The monoisotopic (exact) mass is 507 g/mol. The largest absolute Gasteiger partial charge is 0.495 e. The van der Waals surface area contributed by atoms with Crippen molar-refractivity contribution in [2.75, 3.05) is 63.7 Å². The van der Waals surface area contributed by atoms with Crippen LogP contribution in [0.25, 0.3) is 11.0 Å². The highest BCUT2D eigenvalue weighted by molar-refractivity contribution is 5.96. The fourth-order valence-corrected chi connectivity index (χ4v) is 5.22. The summed E-state index contributed by atoms with van der Waals surface area (Å²) in [4.78, 5) is 30.3. The van der Waals surface area contributed by atoms with Crippen LogP contribution in [0.15, 0.2) is 24.4 Å². The molecule has 10 nitrogen and oxygen atoms in total. The number of ether oxygens (including phenoxy) is 2. The van der Waals surface area contributed by atoms with Crippen molar-refractivity contribution in [3.63, 3.8) is 0 Å². The predicted octanol–water partition coefficient (Wildman–Crippen LogP) is 3.78.